The predicted molar refractivity (Wildman–Crippen MR) is 88.4 cm³/mol. The first-order valence-corrected chi connectivity index (χ1v) is 7.51. The molecule has 0 aromatic heterocycles. The van der Waals surface area contributed by atoms with Crippen LogP contribution in [0.25, 0.3) is 0 Å². The highest BCUT2D eigenvalue weighted by molar-refractivity contribution is 5.96. The number of amides is 3. The number of primary amides is 1. The lowest BCUT2D eigenvalue weighted by Crippen LogP contribution is -2.39. The minimum absolute atomic E-state index is 0.0775. The maximum Gasteiger partial charge on any atom is 0.319 e. The fourth-order valence-electron chi connectivity index (χ4n) is 2.03. The van der Waals surface area contributed by atoms with E-state index in [1.165, 1.54) is 6.07 Å². The summed E-state index contributed by atoms with van der Waals surface area (Å²) in [6, 6.07) is 5.06. The molecule has 2 rings (SSSR count). The number of urea groups is 1. The maximum atomic E-state index is 13.5. The molecule has 2 aromatic rings. The summed E-state index contributed by atoms with van der Waals surface area (Å²) < 4.78 is 44.8. The third kappa shape index (κ3) is 5.13. The number of halogens is 3. The number of anilines is 1. The molecular weight excluding hydrogens is 351 g/mol. The number of hydrogen-bond acceptors (Lipinski definition) is 3. The van der Waals surface area contributed by atoms with Crippen LogP contribution in [0.15, 0.2) is 36.4 Å². The van der Waals surface area contributed by atoms with Crippen LogP contribution in [-0.2, 0) is 0 Å². The molecule has 0 heterocycles. The van der Waals surface area contributed by atoms with Gasteiger partial charge in [-0.3, -0.25) is 4.79 Å². The zero-order valence-electron chi connectivity index (χ0n) is 13.7. The Labute approximate surface area is 147 Å². The molecule has 1 unspecified atom stereocenters. The van der Waals surface area contributed by atoms with Gasteiger partial charge in [-0.05, 0) is 37.3 Å². The first kappa shape index (κ1) is 19.1. The summed E-state index contributed by atoms with van der Waals surface area (Å²) in [5, 5.41) is 4.92. The zero-order valence-corrected chi connectivity index (χ0v) is 13.7. The molecule has 0 radical (unpaired) electrons. The van der Waals surface area contributed by atoms with Crippen LogP contribution in [0.1, 0.15) is 17.3 Å². The van der Waals surface area contributed by atoms with Crippen molar-refractivity contribution in [1.82, 2.24) is 5.32 Å². The summed E-state index contributed by atoms with van der Waals surface area (Å²) in [4.78, 5) is 23.0. The number of benzene rings is 2. The van der Waals surface area contributed by atoms with Gasteiger partial charge in [0.1, 0.15) is 18.2 Å². The smallest absolute Gasteiger partial charge is 0.319 e. The van der Waals surface area contributed by atoms with Crippen LogP contribution < -0.4 is 21.1 Å². The van der Waals surface area contributed by atoms with Gasteiger partial charge in [0, 0.05) is 11.8 Å². The first-order valence-electron chi connectivity index (χ1n) is 7.51. The van der Waals surface area contributed by atoms with Crippen LogP contribution in [0.3, 0.4) is 0 Å². The topological polar surface area (TPSA) is 93.4 Å². The molecule has 6 nitrogen and oxygen atoms in total. The van der Waals surface area contributed by atoms with Gasteiger partial charge in [-0.2, -0.15) is 0 Å². The van der Waals surface area contributed by atoms with E-state index >= 15 is 0 Å². The van der Waals surface area contributed by atoms with Gasteiger partial charge in [0.15, 0.2) is 11.6 Å². The first-order chi connectivity index (χ1) is 12.3. The van der Waals surface area contributed by atoms with Crippen molar-refractivity contribution in [3.8, 4) is 5.75 Å². The predicted octanol–water partition coefficient (Wildman–Crippen LogP) is 2.79. The fourth-order valence-corrected chi connectivity index (χ4v) is 2.03. The lowest BCUT2D eigenvalue weighted by Gasteiger charge is -2.16. The van der Waals surface area contributed by atoms with E-state index in [-0.39, 0.29) is 23.6 Å². The third-order valence-electron chi connectivity index (χ3n) is 3.25. The summed E-state index contributed by atoms with van der Waals surface area (Å²) in [5.41, 5.74) is 4.84. The lowest BCUT2D eigenvalue weighted by molar-refractivity contribution is 0.0996. The van der Waals surface area contributed by atoms with Crippen molar-refractivity contribution in [1.29, 1.82) is 0 Å². The molecule has 26 heavy (non-hydrogen) atoms. The molecule has 9 heteroatoms. The molecule has 4 N–H and O–H groups in total. The van der Waals surface area contributed by atoms with Gasteiger partial charge >= 0.3 is 6.03 Å². The Balaban J connectivity index is 1.89. The Kier molecular flexibility index (Phi) is 6.05. The average Bonchev–Trinajstić information content (AvgIpc) is 2.55. The molecule has 0 aliphatic heterocycles. The highest BCUT2D eigenvalue weighted by atomic mass is 19.1. The second-order valence-electron chi connectivity index (χ2n) is 5.44. The van der Waals surface area contributed by atoms with E-state index in [1.807, 2.05) is 0 Å². The fraction of sp³-hybridized carbons (Fsp3) is 0.176. The SMILES string of the molecule is CC(COc1ccc(F)cc1F)NC(=O)Nc1ccc(F)c(C(N)=O)c1. The number of nitrogens with two attached hydrogens (primary N) is 1. The van der Waals surface area contributed by atoms with Gasteiger partial charge in [0.2, 0.25) is 0 Å². The van der Waals surface area contributed by atoms with E-state index in [4.69, 9.17) is 10.5 Å². The van der Waals surface area contributed by atoms with Crippen molar-refractivity contribution in [3.05, 3.63) is 59.4 Å². The van der Waals surface area contributed by atoms with E-state index in [0.29, 0.717) is 6.07 Å². The number of nitrogens with one attached hydrogen (secondary N) is 2. The van der Waals surface area contributed by atoms with Crippen molar-refractivity contribution in [2.45, 2.75) is 13.0 Å². The van der Waals surface area contributed by atoms with Crippen LogP contribution >= 0.6 is 0 Å². The Morgan fingerprint density at radius 1 is 1.12 bits per heavy atom. The van der Waals surface area contributed by atoms with Crippen LogP contribution in [0, 0.1) is 17.5 Å². The standard InChI is InChI=1S/C17H16F3N3O3/c1-9(8-26-15-5-2-10(18)6-14(15)20)22-17(25)23-11-3-4-13(19)12(7-11)16(21)24/h2-7,9H,8H2,1H3,(H2,21,24)(H2,22,23,25). The molecule has 0 spiro atoms. The number of ether oxygens (including phenoxy) is 1. The minimum Gasteiger partial charge on any atom is -0.488 e. The third-order valence-corrected chi connectivity index (χ3v) is 3.25. The molecule has 1 atom stereocenters. The lowest BCUT2D eigenvalue weighted by atomic mass is 10.2. The quantitative estimate of drug-likeness (QED) is 0.733. The Hall–Kier alpha value is -3.23. The Bertz CT molecular complexity index is 830. The molecule has 0 aliphatic carbocycles. The Morgan fingerprint density at radius 2 is 1.85 bits per heavy atom. The van der Waals surface area contributed by atoms with E-state index in [1.54, 1.807) is 6.92 Å². The number of hydrogen-bond donors (Lipinski definition) is 3. The van der Waals surface area contributed by atoms with Crippen molar-refractivity contribution >= 4 is 17.6 Å². The van der Waals surface area contributed by atoms with E-state index in [2.05, 4.69) is 10.6 Å². The van der Waals surface area contributed by atoms with Gasteiger partial charge < -0.3 is 21.1 Å². The molecular formula is C17H16F3N3O3. The van der Waals surface area contributed by atoms with Gasteiger partial charge in [-0.15, -0.1) is 0 Å². The molecule has 0 saturated heterocycles. The number of rotatable bonds is 6. The molecule has 0 aliphatic rings. The molecule has 138 valence electrons. The van der Waals surface area contributed by atoms with Crippen molar-refractivity contribution in [3.63, 3.8) is 0 Å². The van der Waals surface area contributed by atoms with Crippen molar-refractivity contribution < 1.29 is 27.5 Å². The van der Waals surface area contributed by atoms with Gasteiger partial charge in [0.05, 0.1) is 11.6 Å². The van der Waals surface area contributed by atoms with Crippen molar-refractivity contribution in [2.75, 3.05) is 11.9 Å². The highest BCUT2D eigenvalue weighted by Gasteiger charge is 2.13. The number of carbonyl (C=O) groups excluding carboxylic acids is 2. The van der Waals surface area contributed by atoms with Crippen LogP contribution in [0.4, 0.5) is 23.7 Å². The molecule has 0 fully saturated rings. The molecule has 0 saturated carbocycles. The van der Waals surface area contributed by atoms with Crippen LogP contribution in [-0.4, -0.2) is 24.6 Å². The van der Waals surface area contributed by atoms with Gasteiger partial charge in [0.25, 0.3) is 5.91 Å². The van der Waals surface area contributed by atoms with Gasteiger partial charge in [-0.1, -0.05) is 0 Å². The zero-order chi connectivity index (χ0) is 19.3. The van der Waals surface area contributed by atoms with Crippen LogP contribution in [0.5, 0.6) is 5.75 Å². The summed E-state index contributed by atoms with van der Waals surface area (Å²) in [5.74, 6) is -3.49. The summed E-state index contributed by atoms with van der Waals surface area (Å²) >= 11 is 0. The molecule has 2 aromatic carbocycles. The average molecular weight is 367 g/mol. The van der Waals surface area contributed by atoms with E-state index < -0.39 is 35.4 Å². The van der Waals surface area contributed by atoms with Crippen molar-refractivity contribution in [2.24, 2.45) is 5.73 Å². The summed E-state index contributed by atoms with van der Waals surface area (Å²) in [6.45, 7) is 1.52. The van der Waals surface area contributed by atoms with Crippen LogP contribution in [0.2, 0.25) is 0 Å². The van der Waals surface area contributed by atoms with Gasteiger partial charge in [-0.25, -0.2) is 18.0 Å². The Morgan fingerprint density at radius 3 is 2.50 bits per heavy atom. The monoisotopic (exact) mass is 367 g/mol. The second-order valence-corrected chi connectivity index (χ2v) is 5.44. The second kappa shape index (κ2) is 8.24. The van der Waals surface area contributed by atoms with E-state index in [0.717, 1.165) is 24.3 Å². The maximum absolute atomic E-state index is 13.5. The number of carbonyl (C=O) groups is 2. The normalized spacial score (nSPS) is 11.5. The summed E-state index contributed by atoms with van der Waals surface area (Å²) in [6.07, 6.45) is 0. The largest absolute Gasteiger partial charge is 0.488 e. The highest BCUT2D eigenvalue weighted by Crippen LogP contribution is 2.18. The van der Waals surface area contributed by atoms with E-state index in [9.17, 15) is 22.8 Å². The summed E-state index contributed by atoms with van der Waals surface area (Å²) in [7, 11) is 0. The minimum atomic E-state index is -0.963. The molecule has 0 bridgehead atoms. The molecule has 3 amide bonds.